The molecule has 0 spiro atoms. The minimum absolute atomic E-state index is 0.131. The van der Waals surface area contributed by atoms with E-state index in [4.69, 9.17) is 9.97 Å². The molecule has 0 saturated heterocycles. The normalized spacial score (nSPS) is 12.1. The number of rotatable bonds is 4. The average Bonchev–Trinajstić information content (AvgIpc) is 3.02. The van der Waals surface area contributed by atoms with Crippen LogP contribution in [-0.2, 0) is 10.8 Å². The van der Waals surface area contributed by atoms with E-state index in [1.54, 1.807) is 0 Å². The van der Waals surface area contributed by atoms with Gasteiger partial charge in [0.2, 0.25) is 0 Å². The molecular formula is C40H36Br2N2. The van der Waals surface area contributed by atoms with E-state index in [1.807, 2.05) is 12.1 Å². The lowest BCUT2D eigenvalue weighted by Crippen LogP contribution is -2.10. The minimum atomic E-state index is 0.131. The third-order valence-electron chi connectivity index (χ3n) is 8.21. The monoisotopic (exact) mass is 702 g/mol. The van der Waals surface area contributed by atoms with Gasteiger partial charge in [-0.25, -0.2) is 9.97 Å². The molecule has 0 atom stereocenters. The number of benzene rings is 5. The van der Waals surface area contributed by atoms with Gasteiger partial charge >= 0.3 is 0 Å². The van der Waals surface area contributed by atoms with Crippen molar-refractivity contribution in [3.05, 3.63) is 129 Å². The van der Waals surface area contributed by atoms with E-state index in [0.717, 1.165) is 42.5 Å². The number of nitrogens with zero attached hydrogens (tertiary/aromatic N) is 2. The van der Waals surface area contributed by atoms with Crippen molar-refractivity contribution in [1.29, 1.82) is 0 Å². The van der Waals surface area contributed by atoms with Crippen molar-refractivity contribution in [3.63, 3.8) is 0 Å². The quantitative estimate of drug-likeness (QED) is 0.183. The second-order valence-corrected chi connectivity index (χ2v) is 15.2. The van der Waals surface area contributed by atoms with Gasteiger partial charge < -0.3 is 0 Å². The number of aromatic nitrogens is 2. The van der Waals surface area contributed by atoms with E-state index >= 15 is 0 Å². The highest BCUT2D eigenvalue weighted by Crippen LogP contribution is 2.37. The van der Waals surface area contributed by atoms with E-state index < -0.39 is 0 Å². The Bertz CT molecular complexity index is 1800. The van der Waals surface area contributed by atoms with Gasteiger partial charge in [0.1, 0.15) is 11.0 Å². The Morgan fingerprint density at radius 1 is 0.364 bits per heavy atom. The first-order valence-electron chi connectivity index (χ1n) is 15.0. The van der Waals surface area contributed by atoms with Gasteiger partial charge in [0, 0.05) is 20.1 Å². The predicted molar refractivity (Wildman–Crippen MR) is 194 cm³/mol. The summed E-state index contributed by atoms with van der Waals surface area (Å²) in [7, 11) is 0. The highest BCUT2D eigenvalue weighted by molar-refractivity contribution is 9.11. The van der Waals surface area contributed by atoms with Crippen LogP contribution in [0.15, 0.2) is 118 Å². The van der Waals surface area contributed by atoms with Crippen molar-refractivity contribution >= 4 is 42.9 Å². The summed E-state index contributed by atoms with van der Waals surface area (Å²) < 4.78 is 1.83. The Hall–Kier alpha value is -3.60. The molecule has 4 heteroatoms. The van der Waals surface area contributed by atoms with Gasteiger partial charge in [0.15, 0.2) is 0 Å². The first-order chi connectivity index (χ1) is 20.9. The summed E-state index contributed by atoms with van der Waals surface area (Å²) in [5, 5.41) is 0. The average molecular weight is 705 g/mol. The maximum Gasteiger partial charge on any atom is 0.105 e. The van der Waals surface area contributed by atoms with Crippen molar-refractivity contribution in [2.24, 2.45) is 0 Å². The third-order valence-corrected chi connectivity index (χ3v) is 9.49. The molecule has 0 bridgehead atoms. The molecule has 6 rings (SSSR count). The molecule has 0 saturated carbocycles. The molecule has 0 amide bonds. The molecule has 44 heavy (non-hydrogen) atoms. The third kappa shape index (κ3) is 6.16. The predicted octanol–water partition coefficient (Wildman–Crippen LogP) is 12.4. The summed E-state index contributed by atoms with van der Waals surface area (Å²) >= 11 is 7.42. The maximum atomic E-state index is 5.20. The zero-order valence-corrected chi connectivity index (χ0v) is 29.2. The van der Waals surface area contributed by atoms with Crippen LogP contribution in [0.1, 0.15) is 52.7 Å². The molecule has 0 aliphatic carbocycles. The Morgan fingerprint density at radius 2 is 0.614 bits per heavy atom. The van der Waals surface area contributed by atoms with Gasteiger partial charge in [-0.2, -0.15) is 0 Å². The standard InChI is InChI=1S/C40H36Br2N2/c1-39(2,3)31-19-15-27(16-20-31)25-7-11-29(12-8-25)35-36(44-38-34(42)24-23-33(41)37(38)43-35)30-13-9-26(10-14-30)28-17-21-32(22-18-28)40(4,5)6/h7-24H,1-6H3. The van der Waals surface area contributed by atoms with Crippen LogP contribution in [0.4, 0.5) is 0 Å². The van der Waals surface area contributed by atoms with Crippen molar-refractivity contribution < 1.29 is 0 Å². The Balaban J connectivity index is 1.40. The van der Waals surface area contributed by atoms with E-state index in [2.05, 4.69) is 170 Å². The summed E-state index contributed by atoms with van der Waals surface area (Å²) in [6, 6.07) is 39.1. The molecule has 0 unspecified atom stereocenters. The lowest BCUT2D eigenvalue weighted by atomic mass is 9.86. The van der Waals surface area contributed by atoms with Crippen LogP contribution >= 0.6 is 31.9 Å². The van der Waals surface area contributed by atoms with E-state index in [9.17, 15) is 0 Å². The molecule has 6 aromatic rings. The Labute approximate surface area is 277 Å². The van der Waals surface area contributed by atoms with E-state index in [1.165, 1.54) is 33.4 Å². The lowest BCUT2D eigenvalue weighted by Gasteiger charge is -2.19. The molecule has 0 fully saturated rings. The molecule has 0 aliphatic rings. The summed E-state index contributed by atoms with van der Waals surface area (Å²) in [5.41, 5.74) is 13.1. The molecule has 0 N–H and O–H groups in total. The van der Waals surface area contributed by atoms with Gasteiger partial charge in [-0.15, -0.1) is 0 Å². The van der Waals surface area contributed by atoms with Gasteiger partial charge in [-0.05, 0) is 88.2 Å². The lowest BCUT2D eigenvalue weighted by molar-refractivity contribution is 0.590. The van der Waals surface area contributed by atoms with Crippen LogP contribution < -0.4 is 0 Å². The van der Waals surface area contributed by atoms with Gasteiger partial charge in [-0.3, -0.25) is 0 Å². The maximum absolute atomic E-state index is 5.20. The summed E-state index contributed by atoms with van der Waals surface area (Å²) in [4.78, 5) is 10.4. The van der Waals surface area contributed by atoms with Gasteiger partial charge in [0.25, 0.3) is 0 Å². The summed E-state index contributed by atoms with van der Waals surface area (Å²) in [6.07, 6.45) is 0. The Morgan fingerprint density at radius 3 is 0.886 bits per heavy atom. The molecule has 220 valence electrons. The molecule has 2 nitrogen and oxygen atoms in total. The molecule has 0 aliphatic heterocycles. The van der Waals surface area contributed by atoms with Crippen molar-refractivity contribution in [1.82, 2.24) is 9.97 Å². The van der Waals surface area contributed by atoms with Gasteiger partial charge in [0.05, 0.1) is 11.4 Å². The number of fused-ring (bicyclic) bond motifs is 1. The topological polar surface area (TPSA) is 25.8 Å². The fourth-order valence-corrected chi connectivity index (χ4v) is 6.26. The van der Waals surface area contributed by atoms with Gasteiger partial charge in [-0.1, -0.05) is 139 Å². The fourth-order valence-electron chi connectivity index (χ4n) is 5.44. The second kappa shape index (κ2) is 11.7. The molecule has 1 heterocycles. The zero-order valence-electron chi connectivity index (χ0n) is 26.0. The van der Waals surface area contributed by atoms with Crippen LogP contribution in [0, 0.1) is 0 Å². The molecule has 1 aromatic heterocycles. The SMILES string of the molecule is CC(C)(C)c1ccc(-c2ccc(-c3nc4c(Br)ccc(Br)c4nc3-c3ccc(-c4ccc(C(C)(C)C)cc4)cc3)cc2)cc1. The molecular weight excluding hydrogens is 668 g/mol. The molecule has 5 aromatic carbocycles. The van der Waals surface area contributed by atoms with Crippen LogP contribution in [-0.4, -0.2) is 9.97 Å². The second-order valence-electron chi connectivity index (χ2n) is 13.5. The number of halogens is 2. The number of hydrogen-bond donors (Lipinski definition) is 0. The van der Waals surface area contributed by atoms with E-state index in [0.29, 0.717) is 0 Å². The van der Waals surface area contributed by atoms with Crippen LogP contribution in [0.3, 0.4) is 0 Å². The fraction of sp³-hybridized carbons (Fsp3) is 0.200. The van der Waals surface area contributed by atoms with Crippen LogP contribution in [0.25, 0.3) is 55.8 Å². The largest absolute Gasteiger partial charge is 0.243 e. The summed E-state index contributed by atoms with van der Waals surface area (Å²) in [5.74, 6) is 0. The summed E-state index contributed by atoms with van der Waals surface area (Å²) in [6.45, 7) is 13.5. The van der Waals surface area contributed by atoms with Crippen molar-refractivity contribution in [3.8, 4) is 44.8 Å². The highest BCUT2D eigenvalue weighted by Gasteiger charge is 2.18. The van der Waals surface area contributed by atoms with Crippen molar-refractivity contribution in [2.45, 2.75) is 52.4 Å². The highest BCUT2D eigenvalue weighted by atomic mass is 79.9. The van der Waals surface area contributed by atoms with Crippen LogP contribution in [0.2, 0.25) is 0 Å². The first-order valence-corrected chi connectivity index (χ1v) is 16.6. The number of hydrogen-bond acceptors (Lipinski definition) is 2. The van der Waals surface area contributed by atoms with Crippen molar-refractivity contribution in [2.75, 3.05) is 0 Å². The van der Waals surface area contributed by atoms with Crippen LogP contribution in [0.5, 0.6) is 0 Å². The Kier molecular flexibility index (Phi) is 8.11. The minimum Gasteiger partial charge on any atom is -0.243 e. The molecule has 0 radical (unpaired) electrons. The zero-order chi connectivity index (χ0) is 31.2. The van der Waals surface area contributed by atoms with E-state index in [-0.39, 0.29) is 10.8 Å². The first kappa shape index (κ1) is 30.4. The smallest absolute Gasteiger partial charge is 0.105 e.